The van der Waals surface area contributed by atoms with Crippen LogP contribution in [0, 0.1) is 6.92 Å². The summed E-state index contributed by atoms with van der Waals surface area (Å²) in [6, 6.07) is 16.8. The number of carbonyl (C=O) groups excluding carboxylic acids is 3. The number of carbonyl (C=O) groups is 3. The van der Waals surface area contributed by atoms with Gasteiger partial charge in [-0.2, -0.15) is 0 Å². The summed E-state index contributed by atoms with van der Waals surface area (Å²) in [5.74, 6) is -1.26. The van der Waals surface area contributed by atoms with Gasteiger partial charge in [0.15, 0.2) is 0 Å². The lowest BCUT2D eigenvalue weighted by Crippen LogP contribution is -2.29. The Bertz CT molecular complexity index is 1320. The fraction of sp³-hybridized carbons (Fsp3) is 0.0833. The average molecular weight is 411 g/mol. The summed E-state index contributed by atoms with van der Waals surface area (Å²) >= 11 is 0. The highest BCUT2D eigenvalue weighted by Gasteiger charge is 2.36. The Hall–Kier alpha value is -4.26. The minimum atomic E-state index is -0.511. The van der Waals surface area contributed by atoms with E-state index >= 15 is 0 Å². The standard InChI is InChI=1S/C24H17N3O4/c1-15-5-4-12-26-13-17(25-21(15)26)14-31-24(30)16-8-10-18(11-9-16)27-22(28)19-6-2-3-7-20(19)23(27)29/h2-13H,14H2,1H3. The average Bonchev–Trinajstić information content (AvgIpc) is 3.32. The number of imidazole rings is 1. The van der Waals surface area contributed by atoms with Crippen LogP contribution in [0.4, 0.5) is 5.69 Å². The van der Waals surface area contributed by atoms with Gasteiger partial charge in [-0.1, -0.05) is 18.2 Å². The van der Waals surface area contributed by atoms with Gasteiger partial charge in [-0.25, -0.2) is 14.7 Å². The number of anilines is 1. The SMILES string of the molecule is Cc1cccn2cc(COC(=O)c3ccc(N4C(=O)c5ccccc5C4=O)cc3)nc12. The number of aryl methyl sites for hydroxylation is 1. The molecule has 0 radical (unpaired) electrons. The maximum atomic E-state index is 12.6. The van der Waals surface area contributed by atoms with Gasteiger partial charge in [-0.05, 0) is 55.0 Å². The summed E-state index contributed by atoms with van der Waals surface area (Å²) in [6.07, 6.45) is 3.71. The lowest BCUT2D eigenvalue weighted by atomic mass is 10.1. The van der Waals surface area contributed by atoms with Crippen LogP contribution in [0.1, 0.15) is 42.3 Å². The molecule has 0 N–H and O–H groups in total. The van der Waals surface area contributed by atoms with Crippen molar-refractivity contribution in [1.29, 1.82) is 0 Å². The third-order valence-corrected chi connectivity index (χ3v) is 5.23. The smallest absolute Gasteiger partial charge is 0.338 e. The molecule has 31 heavy (non-hydrogen) atoms. The zero-order valence-electron chi connectivity index (χ0n) is 16.6. The van der Waals surface area contributed by atoms with Crippen molar-refractivity contribution in [3.8, 4) is 0 Å². The molecule has 0 aliphatic carbocycles. The number of hydrogen-bond acceptors (Lipinski definition) is 5. The summed E-state index contributed by atoms with van der Waals surface area (Å²) in [5.41, 5.74) is 3.96. The molecule has 0 unspecified atom stereocenters. The quantitative estimate of drug-likeness (QED) is 0.377. The maximum Gasteiger partial charge on any atom is 0.338 e. The van der Waals surface area contributed by atoms with Crippen LogP contribution in [0.15, 0.2) is 73.1 Å². The molecule has 4 aromatic rings. The summed E-state index contributed by atoms with van der Waals surface area (Å²) in [7, 11) is 0. The van der Waals surface area contributed by atoms with E-state index in [1.807, 2.05) is 35.9 Å². The predicted octanol–water partition coefficient (Wildman–Crippen LogP) is 3.80. The van der Waals surface area contributed by atoms with Crippen molar-refractivity contribution in [1.82, 2.24) is 9.38 Å². The molecule has 0 saturated carbocycles. The number of nitrogens with zero attached hydrogens (tertiary/aromatic N) is 3. The Morgan fingerprint density at radius 3 is 2.26 bits per heavy atom. The van der Waals surface area contributed by atoms with E-state index in [2.05, 4.69) is 4.98 Å². The lowest BCUT2D eigenvalue weighted by molar-refractivity contribution is 0.0468. The minimum Gasteiger partial charge on any atom is -0.456 e. The molecule has 5 rings (SSSR count). The molecule has 3 heterocycles. The third kappa shape index (κ3) is 3.16. The highest BCUT2D eigenvalue weighted by atomic mass is 16.5. The van der Waals surface area contributed by atoms with Gasteiger partial charge >= 0.3 is 5.97 Å². The molecule has 1 aliphatic heterocycles. The predicted molar refractivity (Wildman–Crippen MR) is 113 cm³/mol. The zero-order valence-corrected chi connectivity index (χ0v) is 16.6. The van der Waals surface area contributed by atoms with Crippen molar-refractivity contribution in [2.45, 2.75) is 13.5 Å². The first-order valence-electron chi connectivity index (χ1n) is 9.71. The monoisotopic (exact) mass is 411 g/mol. The Morgan fingerprint density at radius 2 is 1.61 bits per heavy atom. The molecule has 0 fully saturated rings. The van der Waals surface area contributed by atoms with Crippen molar-refractivity contribution in [3.05, 3.63) is 101 Å². The molecule has 7 nitrogen and oxygen atoms in total. The third-order valence-electron chi connectivity index (χ3n) is 5.23. The number of aromatic nitrogens is 2. The molecular weight excluding hydrogens is 394 g/mol. The summed E-state index contributed by atoms with van der Waals surface area (Å²) in [4.78, 5) is 43.2. The van der Waals surface area contributed by atoms with Crippen LogP contribution in [0.2, 0.25) is 0 Å². The van der Waals surface area contributed by atoms with Gasteiger partial charge in [0, 0.05) is 12.4 Å². The van der Waals surface area contributed by atoms with Crippen molar-refractivity contribution >= 4 is 29.1 Å². The topological polar surface area (TPSA) is 81.0 Å². The van der Waals surface area contributed by atoms with Gasteiger partial charge in [-0.3, -0.25) is 9.59 Å². The fourth-order valence-corrected chi connectivity index (χ4v) is 3.67. The normalized spacial score (nSPS) is 13.0. The molecule has 0 spiro atoms. The summed E-state index contributed by atoms with van der Waals surface area (Å²) < 4.78 is 7.26. The van der Waals surface area contributed by atoms with Crippen LogP contribution in [0.5, 0.6) is 0 Å². The van der Waals surface area contributed by atoms with Gasteiger partial charge in [0.2, 0.25) is 0 Å². The Labute approximate surface area is 177 Å². The first kappa shape index (κ1) is 18.7. The van der Waals surface area contributed by atoms with E-state index in [1.165, 1.54) is 12.1 Å². The number of imide groups is 1. The number of fused-ring (bicyclic) bond motifs is 2. The van der Waals surface area contributed by atoms with Crippen molar-refractivity contribution in [3.63, 3.8) is 0 Å². The Kier molecular flexibility index (Phi) is 4.36. The van der Waals surface area contributed by atoms with Gasteiger partial charge in [0.05, 0.1) is 28.1 Å². The fourth-order valence-electron chi connectivity index (χ4n) is 3.67. The van der Waals surface area contributed by atoms with E-state index in [1.54, 1.807) is 36.4 Å². The van der Waals surface area contributed by atoms with Crippen molar-refractivity contribution < 1.29 is 19.1 Å². The summed E-state index contributed by atoms with van der Waals surface area (Å²) in [5, 5.41) is 0. The van der Waals surface area contributed by atoms with E-state index < -0.39 is 5.97 Å². The number of hydrogen-bond donors (Lipinski definition) is 0. The minimum absolute atomic E-state index is 0.0418. The van der Waals surface area contributed by atoms with Crippen LogP contribution >= 0.6 is 0 Å². The van der Waals surface area contributed by atoms with E-state index in [0.717, 1.165) is 16.1 Å². The maximum absolute atomic E-state index is 12.6. The summed E-state index contributed by atoms with van der Waals surface area (Å²) in [6.45, 7) is 2.01. The second-order valence-corrected chi connectivity index (χ2v) is 7.27. The number of benzene rings is 2. The highest BCUT2D eigenvalue weighted by molar-refractivity contribution is 6.34. The van der Waals surface area contributed by atoms with Crippen LogP contribution in [0.3, 0.4) is 0 Å². The highest BCUT2D eigenvalue weighted by Crippen LogP contribution is 2.28. The van der Waals surface area contributed by atoms with Gasteiger partial charge in [-0.15, -0.1) is 0 Å². The number of rotatable bonds is 4. The number of ether oxygens (including phenoxy) is 1. The molecule has 7 heteroatoms. The van der Waals surface area contributed by atoms with Crippen LogP contribution in [-0.4, -0.2) is 27.2 Å². The molecule has 1 aliphatic rings. The molecule has 2 aromatic carbocycles. The Balaban J connectivity index is 1.30. The van der Waals surface area contributed by atoms with Crippen LogP contribution in [-0.2, 0) is 11.3 Å². The van der Waals surface area contributed by atoms with Gasteiger partial charge in [0.1, 0.15) is 12.3 Å². The van der Waals surface area contributed by atoms with Crippen LogP contribution < -0.4 is 4.90 Å². The van der Waals surface area contributed by atoms with E-state index in [4.69, 9.17) is 4.74 Å². The number of amides is 2. The second kappa shape index (κ2) is 7.21. The molecular formula is C24H17N3O4. The lowest BCUT2D eigenvalue weighted by Gasteiger charge is -2.14. The largest absolute Gasteiger partial charge is 0.456 e. The molecule has 0 bridgehead atoms. The molecule has 152 valence electrons. The first-order valence-corrected chi connectivity index (χ1v) is 9.71. The van der Waals surface area contributed by atoms with Gasteiger partial charge < -0.3 is 9.14 Å². The van der Waals surface area contributed by atoms with Gasteiger partial charge in [0.25, 0.3) is 11.8 Å². The van der Waals surface area contributed by atoms with Crippen molar-refractivity contribution in [2.24, 2.45) is 0 Å². The molecule has 2 aromatic heterocycles. The number of esters is 1. The molecule has 0 saturated heterocycles. The van der Waals surface area contributed by atoms with Crippen LogP contribution in [0.25, 0.3) is 5.65 Å². The number of pyridine rings is 1. The Morgan fingerprint density at radius 1 is 0.935 bits per heavy atom. The second-order valence-electron chi connectivity index (χ2n) is 7.27. The molecule has 0 atom stereocenters. The van der Waals surface area contributed by atoms with E-state index in [0.29, 0.717) is 28.1 Å². The van der Waals surface area contributed by atoms with E-state index in [9.17, 15) is 14.4 Å². The van der Waals surface area contributed by atoms with E-state index in [-0.39, 0.29) is 18.4 Å². The van der Waals surface area contributed by atoms with Crippen molar-refractivity contribution in [2.75, 3.05) is 4.90 Å². The molecule has 2 amide bonds. The zero-order chi connectivity index (χ0) is 21.5. The first-order chi connectivity index (χ1) is 15.0.